The van der Waals surface area contributed by atoms with E-state index < -0.39 is 0 Å². The number of aromatic nitrogens is 1. The molecule has 0 saturated carbocycles. The van der Waals surface area contributed by atoms with Gasteiger partial charge in [-0.3, -0.25) is 0 Å². The summed E-state index contributed by atoms with van der Waals surface area (Å²) in [7, 11) is 0. The Morgan fingerprint density at radius 3 is 2.93 bits per heavy atom. The monoisotopic (exact) mass is 193 g/mol. The van der Waals surface area contributed by atoms with E-state index in [4.69, 9.17) is 9.47 Å². The molecule has 3 heteroatoms. The molecule has 1 aromatic heterocycles. The topological polar surface area (TPSA) is 31.4 Å². The Morgan fingerprint density at radius 2 is 2.14 bits per heavy atom. The summed E-state index contributed by atoms with van der Waals surface area (Å²) in [6.45, 7) is 5.61. The second kappa shape index (κ2) is 3.86. The van der Waals surface area contributed by atoms with Crippen LogP contribution in [-0.4, -0.2) is 18.2 Å². The Kier molecular flexibility index (Phi) is 2.57. The third kappa shape index (κ3) is 1.97. The van der Waals surface area contributed by atoms with Crippen molar-refractivity contribution in [1.82, 2.24) is 4.98 Å². The fraction of sp³-hybridized carbons (Fsp3) is 0.545. The first-order valence-corrected chi connectivity index (χ1v) is 5.00. The van der Waals surface area contributed by atoms with Crippen LogP contribution in [0.5, 0.6) is 11.6 Å². The molecule has 1 aliphatic rings. The minimum atomic E-state index is 0.601. The van der Waals surface area contributed by atoms with Crippen molar-refractivity contribution < 1.29 is 9.47 Å². The Morgan fingerprint density at radius 1 is 1.36 bits per heavy atom. The quantitative estimate of drug-likeness (QED) is 0.720. The normalized spacial score (nSPS) is 14.5. The average molecular weight is 193 g/mol. The molecule has 0 atom stereocenters. The van der Waals surface area contributed by atoms with E-state index in [9.17, 15) is 0 Å². The summed E-state index contributed by atoms with van der Waals surface area (Å²) in [6, 6.07) is 2.03. The van der Waals surface area contributed by atoms with Crippen LogP contribution in [0.25, 0.3) is 0 Å². The summed E-state index contributed by atoms with van der Waals surface area (Å²) in [6.07, 6.45) is 2.90. The van der Waals surface area contributed by atoms with Crippen molar-refractivity contribution in [3.8, 4) is 11.6 Å². The lowest BCUT2D eigenvalue weighted by molar-refractivity contribution is 0.164. The number of hydrogen-bond acceptors (Lipinski definition) is 3. The highest BCUT2D eigenvalue weighted by atomic mass is 16.6. The lowest BCUT2D eigenvalue weighted by Gasteiger charge is -2.17. The van der Waals surface area contributed by atoms with Crippen molar-refractivity contribution in [1.29, 1.82) is 0 Å². The molecule has 0 fully saturated rings. The molecule has 0 spiro atoms. The van der Waals surface area contributed by atoms with E-state index in [1.165, 1.54) is 5.56 Å². The van der Waals surface area contributed by atoms with E-state index >= 15 is 0 Å². The summed E-state index contributed by atoms with van der Waals surface area (Å²) >= 11 is 0. The third-order valence-electron chi connectivity index (χ3n) is 2.10. The first-order valence-electron chi connectivity index (χ1n) is 5.00. The fourth-order valence-electron chi connectivity index (χ4n) is 1.56. The minimum Gasteiger partial charge on any atom is -0.484 e. The summed E-state index contributed by atoms with van der Waals surface area (Å²) in [5.74, 6) is 2.05. The number of pyridine rings is 1. The van der Waals surface area contributed by atoms with Crippen LogP contribution in [0.2, 0.25) is 0 Å². The molecule has 14 heavy (non-hydrogen) atoms. The maximum Gasteiger partial charge on any atom is 0.257 e. The molecule has 0 aliphatic carbocycles. The summed E-state index contributed by atoms with van der Waals surface area (Å²) in [5.41, 5.74) is 1.21. The molecule has 0 amide bonds. The molecule has 3 nitrogen and oxygen atoms in total. The van der Waals surface area contributed by atoms with Crippen molar-refractivity contribution >= 4 is 0 Å². The van der Waals surface area contributed by atoms with Crippen molar-refractivity contribution in [3.63, 3.8) is 0 Å². The molecule has 1 aliphatic heterocycles. The van der Waals surface area contributed by atoms with Crippen molar-refractivity contribution in [3.05, 3.63) is 17.8 Å². The van der Waals surface area contributed by atoms with E-state index in [1.54, 1.807) is 0 Å². The van der Waals surface area contributed by atoms with E-state index in [0.29, 0.717) is 25.0 Å². The first kappa shape index (κ1) is 9.31. The fourth-order valence-corrected chi connectivity index (χ4v) is 1.56. The van der Waals surface area contributed by atoms with Gasteiger partial charge in [0.05, 0.1) is 0 Å². The Labute approximate surface area is 84.1 Å². The van der Waals surface area contributed by atoms with Crippen LogP contribution in [-0.2, 0) is 6.42 Å². The van der Waals surface area contributed by atoms with Gasteiger partial charge in [0.15, 0.2) is 5.75 Å². The average Bonchev–Trinajstić information content (AvgIpc) is 2.17. The Balaban J connectivity index is 2.20. The van der Waals surface area contributed by atoms with Crippen LogP contribution in [0, 0.1) is 5.92 Å². The van der Waals surface area contributed by atoms with Gasteiger partial charge >= 0.3 is 0 Å². The van der Waals surface area contributed by atoms with Crippen molar-refractivity contribution in [2.45, 2.75) is 20.3 Å². The maximum atomic E-state index is 5.46. The van der Waals surface area contributed by atoms with Gasteiger partial charge in [0, 0.05) is 6.20 Å². The molecular formula is C11H15NO2. The molecule has 0 saturated heterocycles. The predicted molar refractivity (Wildman–Crippen MR) is 53.8 cm³/mol. The number of fused-ring (bicyclic) bond motifs is 1. The molecule has 0 radical (unpaired) electrons. The van der Waals surface area contributed by atoms with Gasteiger partial charge < -0.3 is 9.47 Å². The molecule has 0 aromatic carbocycles. The van der Waals surface area contributed by atoms with Gasteiger partial charge in [0.2, 0.25) is 0 Å². The summed E-state index contributed by atoms with van der Waals surface area (Å²) in [5, 5.41) is 0. The Hall–Kier alpha value is -1.25. The molecule has 0 unspecified atom stereocenters. The number of rotatable bonds is 2. The van der Waals surface area contributed by atoms with Gasteiger partial charge in [-0.05, 0) is 24.0 Å². The number of ether oxygens (including phenoxy) is 2. The van der Waals surface area contributed by atoms with Crippen LogP contribution < -0.4 is 9.47 Å². The molecule has 76 valence electrons. The highest BCUT2D eigenvalue weighted by Gasteiger charge is 2.13. The third-order valence-corrected chi connectivity index (χ3v) is 2.10. The molecule has 1 aromatic rings. The number of hydrogen-bond donors (Lipinski definition) is 0. The van der Waals surface area contributed by atoms with Gasteiger partial charge in [-0.25, -0.2) is 4.98 Å². The van der Waals surface area contributed by atoms with Crippen molar-refractivity contribution in [2.75, 3.05) is 13.2 Å². The highest BCUT2D eigenvalue weighted by molar-refractivity contribution is 5.37. The van der Waals surface area contributed by atoms with Crippen LogP contribution in [0.15, 0.2) is 12.3 Å². The molecule has 0 N–H and O–H groups in total. The Bertz CT molecular complexity index is 323. The molecule has 0 bridgehead atoms. The smallest absolute Gasteiger partial charge is 0.257 e. The van der Waals surface area contributed by atoms with Gasteiger partial charge in [-0.1, -0.05) is 13.8 Å². The second-order valence-electron chi connectivity index (χ2n) is 3.94. The molecule has 2 rings (SSSR count). The summed E-state index contributed by atoms with van der Waals surface area (Å²) in [4.78, 5) is 4.23. The zero-order valence-corrected chi connectivity index (χ0v) is 8.62. The van der Waals surface area contributed by atoms with Gasteiger partial charge in [-0.15, -0.1) is 0 Å². The lowest BCUT2D eigenvalue weighted by Crippen LogP contribution is -2.16. The predicted octanol–water partition coefficient (Wildman–Crippen LogP) is 2.05. The molecule has 2 heterocycles. The van der Waals surface area contributed by atoms with E-state index in [0.717, 1.165) is 12.2 Å². The zero-order chi connectivity index (χ0) is 9.97. The number of nitrogens with zero attached hydrogens (tertiary/aromatic N) is 1. The van der Waals surface area contributed by atoms with Gasteiger partial charge in [-0.2, -0.15) is 0 Å². The van der Waals surface area contributed by atoms with E-state index in [-0.39, 0.29) is 0 Å². The largest absolute Gasteiger partial charge is 0.484 e. The van der Waals surface area contributed by atoms with Crippen LogP contribution in [0.4, 0.5) is 0 Å². The standard InChI is InChI=1S/C11H15NO2/c1-8(2)5-9-6-10-11(12-7-9)14-4-3-13-10/h6-8H,3-5H2,1-2H3. The highest BCUT2D eigenvalue weighted by Crippen LogP contribution is 2.28. The summed E-state index contributed by atoms with van der Waals surface area (Å²) < 4.78 is 10.8. The van der Waals surface area contributed by atoms with Crippen molar-refractivity contribution in [2.24, 2.45) is 5.92 Å². The second-order valence-corrected chi connectivity index (χ2v) is 3.94. The lowest BCUT2D eigenvalue weighted by atomic mass is 10.0. The molecular weight excluding hydrogens is 178 g/mol. The van der Waals surface area contributed by atoms with Crippen LogP contribution >= 0.6 is 0 Å². The van der Waals surface area contributed by atoms with E-state index in [1.807, 2.05) is 12.3 Å². The van der Waals surface area contributed by atoms with Gasteiger partial charge in [0.25, 0.3) is 5.88 Å². The zero-order valence-electron chi connectivity index (χ0n) is 8.62. The first-order chi connectivity index (χ1) is 6.75. The van der Waals surface area contributed by atoms with Gasteiger partial charge in [0.1, 0.15) is 13.2 Å². The minimum absolute atomic E-state index is 0.601. The maximum absolute atomic E-state index is 5.46. The van der Waals surface area contributed by atoms with Crippen LogP contribution in [0.3, 0.4) is 0 Å². The van der Waals surface area contributed by atoms with Crippen LogP contribution in [0.1, 0.15) is 19.4 Å². The SMILES string of the molecule is CC(C)Cc1cnc2c(c1)OCCO2. The van der Waals surface area contributed by atoms with E-state index in [2.05, 4.69) is 18.8 Å².